The summed E-state index contributed by atoms with van der Waals surface area (Å²) in [6, 6.07) is 13.6. The van der Waals surface area contributed by atoms with Gasteiger partial charge < -0.3 is 19.7 Å². The normalized spacial score (nSPS) is 23.5. The van der Waals surface area contributed by atoms with E-state index in [0.717, 1.165) is 31.6 Å². The zero-order chi connectivity index (χ0) is 23.4. The third-order valence-corrected chi connectivity index (χ3v) is 7.30. The molecule has 2 aliphatic rings. The standard InChI is InChI=1S/C24H31N3O5S/c1-17-15-27(16-18(2)32-17)21-9-7-20(8-10-21)26-24(28)19-5-11-23(12-6-19)33(29,30)25-14-22-4-3-13-31-22/h5-12,17-18,22,25H,3-4,13-16H2,1-2H3,(H,26,28). The van der Waals surface area contributed by atoms with Crippen molar-refractivity contribution in [3.63, 3.8) is 0 Å². The van der Waals surface area contributed by atoms with Crippen molar-refractivity contribution >= 4 is 27.3 Å². The fraction of sp³-hybridized carbons (Fsp3) is 0.458. The minimum atomic E-state index is -3.65. The molecule has 0 aromatic heterocycles. The molecule has 1 amide bonds. The maximum atomic E-state index is 12.6. The van der Waals surface area contributed by atoms with Crippen molar-refractivity contribution in [3.05, 3.63) is 54.1 Å². The van der Waals surface area contributed by atoms with Gasteiger partial charge in [0.1, 0.15) is 0 Å². The predicted octanol–water partition coefficient (Wildman–Crippen LogP) is 3.01. The van der Waals surface area contributed by atoms with Crippen molar-refractivity contribution in [2.24, 2.45) is 0 Å². The summed E-state index contributed by atoms with van der Waals surface area (Å²) < 4.78 is 38.8. The van der Waals surface area contributed by atoms with E-state index in [4.69, 9.17) is 9.47 Å². The van der Waals surface area contributed by atoms with Crippen LogP contribution < -0.4 is 14.9 Å². The summed E-state index contributed by atoms with van der Waals surface area (Å²) >= 11 is 0. The molecule has 0 bridgehead atoms. The Kier molecular flexibility index (Phi) is 7.33. The Morgan fingerprint density at radius 1 is 1.03 bits per heavy atom. The minimum Gasteiger partial charge on any atom is -0.377 e. The number of carbonyl (C=O) groups is 1. The van der Waals surface area contributed by atoms with Gasteiger partial charge >= 0.3 is 0 Å². The molecule has 0 radical (unpaired) electrons. The lowest BCUT2D eigenvalue weighted by Gasteiger charge is -2.36. The molecule has 2 heterocycles. The van der Waals surface area contributed by atoms with Crippen LogP contribution in [0.15, 0.2) is 53.4 Å². The molecular weight excluding hydrogens is 442 g/mol. The maximum Gasteiger partial charge on any atom is 0.255 e. The summed E-state index contributed by atoms with van der Waals surface area (Å²) in [4.78, 5) is 15.0. The van der Waals surface area contributed by atoms with E-state index in [-0.39, 0.29) is 35.7 Å². The Hall–Kier alpha value is -2.46. The first-order chi connectivity index (χ1) is 15.8. The highest BCUT2D eigenvalue weighted by atomic mass is 32.2. The zero-order valence-electron chi connectivity index (χ0n) is 19.0. The number of rotatable bonds is 7. The SMILES string of the molecule is CC1CN(c2ccc(NC(=O)c3ccc(S(=O)(=O)NCC4CCCO4)cc3)cc2)CC(C)O1. The van der Waals surface area contributed by atoms with Gasteiger partial charge in [0.15, 0.2) is 0 Å². The first-order valence-electron chi connectivity index (χ1n) is 11.3. The average molecular weight is 474 g/mol. The number of hydrogen-bond donors (Lipinski definition) is 2. The molecule has 9 heteroatoms. The monoisotopic (exact) mass is 473 g/mol. The van der Waals surface area contributed by atoms with Gasteiger partial charge in [-0.1, -0.05) is 0 Å². The fourth-order valence-electron chi connectivity index (χ4n) is 4.22. The molecule has 2 saturated heterocycles. The number of ether oxygens (including phenoxy) is 2. The molecule has 178 valence electrons. The van der Waals surface area contributed by atoms with Gasteiger partial charge in [-0.25, -0.2) is 13.1 Å². The van der Waals surface area contributed by atoms with E-state index in [2.05, 4.69) is 28.8 Å². The second-order valence-corrected chi connectivity index (χ2v) is 10.4. The number of hydrogen-bond acceptors (Lipinski definition) is 6. The topological polar surface area (TPSA) is 97.0 Å². The molecule has 4 rings (SSSR count). The molecule has 0 saturated carbocycles. The quantitative estimate of drug-likeness (QED) is 0.642. The molecule has 3 unspecified atom stereocenters. The molecule has 2 fully saturated rings. The lowest BCUT2D eigenvalue weighted by atomic mass is 10.1. The van der Waals surface area contributed by atoms with Crippen LogP contribution in [0, 0.1) is 0 Å². The van der Waals surface area contributed by atoms with Crippen molar-refractivity contribution in [3.8, 4) is 0 Å². The number of nitrogens with one attached hydrogen (secondary N) is 2. The van der Waals surface area contributed by atoms with E-state index in [1.54, 1.807) is 0 Å². The van der Waals surface area contributed by atoms with Crippen molar-refractivity contribution in [2.45, 2.75) is 49.9 Å². The van der Waals surface area contributed by atoms with Crippen LogP contribution in [-0.4, -0.2) is 58.9 Å². The highest BCUT2D eigenvalue weighted by Crippen LogP contribution is 2.23. The van der Waals surface area contributed by atoms with Crippen LogP contribution >= 0.6 is 0 Å². The van der Waals surface area contributed by atoms with Crippen LogP contribution in [-0.2, 0) is 19.5 Å². The summed E-state index contributed by atoms with van der Waals surface area (Å²) in [6.07, 6.45) is 2.07. The Bertz CT molecular complexity index is 1040. The first-order valence-corrected chi connectivity index (χ1v) is 12.8. The van der Waals surface area contributed by atoms with Crippen LogP contribution in [0.5, 0.6) is 0 Å². The second kappa shape index (κ2) is 10.2. The first kappa shape index (κ1) is 23.7. The predicted molar refractivity (Wildman–Crippen MR) is 127 cm³/mol. The number of nitrogens with zero attached hydrogens (tertiary/aromatic N) is 1. The van der Waals surface area contributed by atoms with E-state index in [9.17, 15) is 13.2 Å². The third-order valence-electron chi connectivity index (χ3n) is 5.86. The molecule has 33 heavy (non-hydrogen) atoms. The number of amides is 1. The van der Waals surface area contributed by atoms with Crippen molar-refractivity contribution in [1.29, 1.82) is 0 Å². The molecule has 2 N–H and O–H groups in total. The van der Waals surface area contributed by atoms with Crippen molar-refractivity contribution in [2.75, 3.05) is 36.5 Å². The van der Waals surface area contributed by atoms with Crippen LogP contribution in [0.1, 0.15) is 37.0 Å². The van der Waals surface area contributed by atoms with E-state index in [0.29, 0.717) is 17.9 Å². The number of sulfonamides is 1. The Balaban J connectivity index is 1.34. The Morgan fingerprint density at radius 2 is 1.70 bits per heavy atom. The van der Waals surface area contributed by atoms with E-state index >= 15 is 0 Å². The molecule has 3 atom stereocenters. The van der Waals surface area contributed by atoms with Gasteiger partial charge in [-0.05, 0) is 75.2 Å². The Morgan fingerprint density at radius 3 is 2.30 bits per heavy atom. The largest absolute Gasteiger partial charge is 0.377 e. The van der Waals surface area contributed by atoms with Crippen LogP contribution in [0.2, 0.25) is 0 Å². The highest BCUT2D eigenvalue weighted by Gasteiger charge is 2.23. The van der Waals surface area contributed by atoms with Gasteiger partial charge in [0.05, 0.1) is 23.2 Å². The Labute approximate surface area is 195 Å². The maximum absolute atomic E-state index is 12.6. The van der Waals surface area contributed by atoms with Gasteiger partial charge in [0, 0.05) is 43.2 Å². The van der Waals surface area contributed by atoms with Gasteiger partial charge in [-0.2, -0.15) is 0 Å². The summed E-state index contributed by atoms with van der Waals surface area (Å²) in [5.41, 5.74) is 2.14. The van der Waals surface area contributed by atoms with Crippen LogP contribution in [0.25, 0.3) is 0 Å². The third kappa shape index (κ3) is 6.11. The second-order valence-electron chi connectivity index (χ2n) is 8.67. The molecule has 2 aromatic carbocycles. The van der Waals surface area contributed by atoms with E-state index in [1.165, 1.54) is 24.3 Å². The van der Waals surface area contributed by atoms with Crippen LogP contribution in [0.4, 0.5) is 11.4 Å². The molecular formula is C24H31N3O5S. The number of morpholine rings is 1. The van der Waals surface area contributed by atoms with E-state index < -0.39 is 10.0 Å². The average Bonchev–Trinajstić information content (AvgIpc) is 3.32. The summed E-state index contributed by atoms with van der Waals surface area (Å²) in [6.45, 7) is 6.71. The lowest BCUT2D eigenvalue weighted by Crippen LogP contribution is -2.45. The van der Waals surface area contributed by atoms with Gasteiger partial charge in [0.2, 0.25) is 10.0 Å². The summed E-state index contributed by atoms with van der Waals surface area (Å²) in [7, 11) is -3.65. The van der Waals surface area contributed by atoms with Crippen molar-refractivity contribution < 1.29 is 22.7 Å². The fourth-order valence-corrected chi connectivity index (χ4v) is 5.29. The molecule has 0 spiro atoms. The molecule has 8 nitrogen and oxygen atoms in total. The number of anilines is 2. The zero-order valence-corrected chi connectivity index (χ0v) is 19.8. The lowest BCUT2D eigenvalue weighted by molar-refractivity contribution is -0.00521. The molecule has 2 aliphatic heterocycles. The van der Waals surface area contributed by atoms with Gasteiger partial charge in [0.25, 0.3) is 5.91 Å². The summed E-state index contributed by atoms with van der Waals surface area (Å²) in [5, 5.41) is 2.86. The summed E-state index contributed by atoms with van der Waals surface area (Å²) in [5.74, 6) is -0.298. The van der Waals surface area contributed by atoms with Crippen molar-refractivity contribution in [1.82, 2.24) is 4.72 Å². The molecule has 0 aliphatic carbocycles. The smallest absolute Gasteiger partial charge is 0.255 e. The van der Waals surface area contributed by atoms with Gasteiger partial charge in [-0.3, -0.25) is 4.79 Å². The minimum absolute atomic E-state index is 0.0775. The van der Waals surface area contributed by atoms with E-state index in [1.807, 2.05) is 24.3 Å². The number of carbonyl (C=O) groups excluding carboxylic acids is 1. The molecule has 2 aromatic rings. The number of benzene rings is 2. The highest BCUT2D eigenvalue weighted by molar-refractivity contribution is 7.89. The van der Waals surface area contributed by atoms with Crippen LogP contribution in [0.3, 0.4) is 0 Å². The van der Waals surface area contributed by atoms with Gasteiger partial charge in [-0.15, -0.1) is 0 Å².